The Morgan fingerprint density at radius 1 is 0.409 bits per heavy atom. The zero-order valence-electron chi connectivity index (χ0n) is 44.7. The lowest BCUT2D eigenvalue weighted by Crippen LogP contribution is -2.45. The van der Waals surface area contributed by atoms with E-state index < -0.39 is 12.1 Å². The molecule has 0 fully saturated rings. The van der Waals surface area contributed by atoms with Crippen LogP contribution >= 0.6 is 0 Å². The Balaban J connectivity index is 3.46. The van der Waals surface area contributed by atoms with Crippen LogP contribution in [0.2, 0.25) is 0 Å². The molecule has 0 radical (unpaired) electrons. The molecule has 66 heavy (non-hydrogen) atoms. The van der Waals surface area contributed by atoms with E-state index in [-0.39, 0.29) is 18.5 Å². The van der Waals surface area contributed by atoms with Gasteiger partial charge in [-0.25, -0.2) is 0 Å². The fraction of sp³-hybridized carbons (Fsp3) is 0.933. The average molecular weight is 933 g/mol. The van der Waals surface area contributed by atoms with E-state index in [1.54, 1.807) is 0 Å². The second-order valence-electron chi connectivity index (χ2n) is 20.7. The summed E-state index contributed by atoms with van der Waals surface area (Å²) in [5.74, 6) is -0.0535. The van der Waals surface area contributed by atoms with Crippen LogP contribution in [-0.4, -0.2) is 47.4 Å². The predicted molar refractivity (Wildman–Crippen MR) is 287 cm³/mol. The molecule has 0 aromatic heterocycles. The maximum atomic E-state index is 12.5. The zero-order valence-corrected chi connectivity index (χ0v) is 44.7. The van der Waals surface area contributed by atoms with Crippen molar-refractivity contribution in [3.63, 3.8) is 0 Å². The van der Waals surface area contributed by atoms with Gasteiger partial charge < -0.3 is 20.3 Å². The number of aliphatic hydroxyl groups is 2. The highest BCUT2D eigenvalue weighted by Crippen LogP contribution is 2.18. The lowest BCUT2D eigenvalue weighted by molar-refractivity contribution is -0.143. The number of hydrogen-bond acceptors (Lipinski definition) is 5. The van der Waals surface area contributed by atoms with Crippen molar-refractivity contribution in [3.05, 3.63) is 12.2 Å². The Kier molecular flexibility index (Phi) is 55.0. The van der Waals surface area contributed by atoms with Gasteiger partial charge in [0.05, 0.1) is 25.4 Å². The molecule has 0 spiro atoms. The molecule has 0 saturated carbocycles. The van der Waals surface area contributed by atoms with E-state index in [4.69, 9.17) is 4.74 Å². The molecule has 0 aliphatic carbocycles. The number of carbonyl (C=O) groups excluding carboxylic acids is 2. The fourth-order valence-corrected chi connectivity index (χ4v) is 9.46. The van der Waals surface area contributed by atoms with Gasteiger partial charge in [0.15, 0.2) is 0 Å². The van der Waals surface area contributed by atoms with Gasteiger partial charge in [-0.2, -0.15) is 0 Å². The second kappa shape index (κ2) is 56.2. The first kappa shape index (κ1) is 64.6. The number of carbonyl (C=O) groups is 2. The molecule has 0 aliphatic rings. The first-order valence-corrected chi connectivity index (χ1v) is 29.9. The van der Waals surface area contributed by atoms with Gasteiger partial charge in [0.2, 0.25) is 5.91 Å². The number of ether oxygens (including phenoxy) is 1. The minimum Gasteiger partial charge on any atom is -0.466 e. The summed E-state index contributed by atoms with van der Waals surface area (Å²) in [4.78, 5) is 24.5. The van der Waals surface area contributed by atoms with Crippen LogP contribution in [0.4, 0.5) is 0 Å². The molecule has 392 valence electrons. The minimum absolute atomic E-state index is 0.00687. The van der Waals surface area contributed by atoms with Gasteiger partial charge in [0.1, 0.15) is 0 Å². The predicted octanol–water partition coefficient (Wildman–Crippen LogP) is 18.5. The maximum Gasteiger partial charge on any atom is 0.305 e. The summed E-state index contributed by atoms with van der Waals surface area (Å²) < 4.78 is 5.46. The molecular formula is C60H117NO5. The summed E-state index contributed by atoms with van der Waals surface area (Å²) in [5, 5.41) is 23.3. The number of hydrogen-bond donors (Lipinski definition) is 3. The van der Waals surface area contributed by atoms with Gasteiger partial charge in [0, 0.05) is 12.8 Å². The van der Waals surface area contributed by atoms with E-state index in [0.29, 0.717) is 25.9 Å². The zero-order chi connectivity index (χ0) is 47.9. The van der Waals surface area contributed by atoms with Crippen molar-refractivity contribution in [1.82, 2.24) is 5.32 Å². The SMILES string of the molecule is CCCCCCCCCCCCCCCCCCCCCCC(O)C(CO)NC(=O)CCCCCCCCC/C=C\CCCCCCOC(=O)CCCCCCCCCCCCCCCC. The Morgan fingerprint density at radius 3 is 1.08 bits per heavy atom. The molecule has 1 amide bonds. The number of nitrogens with one attached hydrogen (secondary N) is 1. The molecule has 0 heterocycles. The number of rotatable bonds is 56. The summed E-state index contributed by atoms with van der Waals surface area (Å²) in [7, 11) is 0. The average Bonchev–Trinajstić information content (AvgIpc) is 3.32. The van der Waals surface area contributed by atoms with Gasteiger partial charge in [-0.05, 0) is 51.4 Å². The number of allylic oxidation sites excluding steroid dienone is 2. The van der Waals surface area contributed by atoms with Crippen LogP contribution in [0, 0.1) is 0 Å². The van der Waals surface area contributed by atoms with E-state index in [1.807, 2.05) is 0 Å². The van der Waals surface area contributed by atoms with Crippen LogP contribution < -0.4 is 5.32 Å². The van der Waals surface area contributed by atoms with Crippen molar-refractivity contribution in [2.45, 2.75) is 347 Å². The van der Waals surface area contributed by atoms with Crippen molar-refractivity contribution in [2.24, 2.45) is 0 Å². The molecule has 0 aromatic rings. The first-order chi connectivity index (χ1) is 32.5. The van der Waals surface area contributed by atoms with E-state index in [0.717, 1.165) is 70.6 Å². The third kappa shape index (κ3) is 52.0. The fourth-order valence-electron chi connectivity index (χ4n) is 9.46. The summed E-state index contributed by atoms with van der Waals surface area (Å²) in [5.41, 5.74) is 0. The van der Waals surface area contributed by atoms with Crippen molar-refractivity contribution in [3.8, 4) is 0 Å². The molecule has 3 N–H and O–H groups in total. The number of aliphatic hydroxyl groups excluding tert-OH is 2. The van der Waals surface area contributed by atoms with Crippen LogP contribution in [0.5, 0.6) is 0 Å². The molecule has 0 aromatic carbocycles. The van der Waals surface area contributed by atoms with E-state index in [2.05, 4.69) is 31.3 Å². The molecule has 0 rings (SSSR count). The quantitative estimate of drug-likeness (QED) is 0.0321. The lowest BCUT2D eigenvalue weighted by atomic mass is 10.0. The molecule has 2 unspecified atom stereocenters. The monoisotopic (exact) mass is 932 g/mol. The number of esters is 1. The molecule has 2 atom stereocenters. The van der Waals surface area contributed by atoms with Crippen molar-refractivity contribution < 1.29 is 24.5 Å². The van der Waals surface area contributed by atoms with Gasteiger partial charge >= 0.3 is 5.97 Å². The highest BCUT2D eigenvalue weighted by Gasteiger charge is 2.20. The third-order valence-electron chi connectivity index (χ3n) is 14.1. The number of amides is 1. The molecule has 0 saturated heterocycles. The molecule has 6 nitrogen and oxygen atoms in total. The first-order valence-electron chi connectivity index (χ1n) is 29.9. The Hall–Kier alpha value is -1.40. The summed E-state index contributed by atoms with van der Waals surface area (Å²) in [6, 6.07) is -0.553. The summed E-state index contributed by atoms with van der Waals surface area (Å²) in [6.45, 7) is 4.95. The van der Waals surface area contributed by atoms with Crippen molar-refractivity contribution in [2.75, 3.05) is 13.2 Å². The highest BCUT2D eigenvalue weighted by molar-refractivity contribution is 5.76. The Morgan fingerprint density at radius 2 is 0.712 bits per heavy atom. The van der Waals surface area contributed by atoms with Crippen LogP contribution in [-0.2, 0) is 14.3 Å². The van der Waals surface area contributed by atoms with Crippen molar-refractivity contribution >= 4 is 11.9 Å². The Bertz CT molecular complexity index is 986. The maximum absolute atomic E-state index is 12.5. The minimum atomic E-state index is -0.674. The molecule has 0 aliphatic heterocycles. The van der Waals surface area contributed by atoms with Crippen molar-refractivity contribution in [1.29, 1.82) is 0 Å². The normalized spacial score (nSPS) is 12.6. The van der Waals surface area contributed by atoms with Gasteiger partial charge in [-0.15, -0.1) is 0 Å². The smallest absolute Gasteiger partial charge is 0.305 e. The van der Waals surface area contributed by atoms with E-state index in [1.165, 1.54) is 231 Å². The summed E-state index contributed by atoms with van der Waals surface area (Å²) >= 11 is 0. The summed E-state index contributed by atoms with van der Waals surface area (Å²) in [6.07, 6.45) is 66.3. The number of unbranched alkanes of at least 4 members (excludes halogenated alkanes) is 43. The van der Waals surface area contributed by atoms with Crippen LogP contribution in [0.15, 0.2) is 12.2 Å². The van der Waals surface area contributed by atoms with Gasteiger partial charge in [-0.3, -0.25) is 9.59 Å². The largest absolute Gasteiger partial charge is 0.466 e. The third-order valence-corrected chi connectivity index (χ3v) is 14.1. The second-order valence-corrected chi connectivity index (χ2v) is 20.7. The molecular weight excluding hydrogens is 815 g/mol. The molecule has 0 bridgehead atoms. The topological polar surface area (TPSA) is 95.9 Å². The van der Waals surface area contributed by atoms with Crippen LogP contribution in [0.1, 0.15) is 335 Å². The standard InChI is InChI=1S/C60H117NO5/c1-3-5-7-9-11-13-15-17-19-20-21-22-23-25-28-32-36-40-44-48-52-58(63)57(56-62)61-59(64)53-49-45-41-37-33-29-26-24-27-31-35-39-43-47-51-55-66-60(65)54-50-46-42-38-34-30-18-16-14-12-10-8-6-4-2/h27,31,57-58,62-63H,3-26,28-30,32-56H2,1-2H3,(H,61,64)/b31-27-. The van der Waals surface area contributed by atoms with E-state index in [9.17, 15) is 19.8 Å². The van der Waals surface area contributed by atoms with Gasteiger partial charge in [0.25, 0.3) is 0 Å². The highest BCUT2D eigenvalue weighted by atomic mass is 16.5. The van der Waals surface area contributed by atoms with Gasteiger partial charge in [-0.1, -0.05) is 283 Å². The molecule has 6 heteroatoms. The Labute approximate surface area is 412 Å². The van der Waals surface area contributed by atoms with E-state index >= 15 is 0 Å². The lowest BCUT2D eigenvalue weighted by Gasteiger charge is -2.22. The van der Waals surface area contributed by atoms with Crippen LogP contribution in [0.25, 0.3) is 0 Å². The van der Waals surface area contributed by atoms with Crippen LogP contribution in [0.3, 0.4) is 0 Å².